The molecule has 0 fully saturated rings. The van der Waals surface area contributed by atoms with Crippen molar-refractivity contribution in [1.29, 1.82) is 0 Å². The molecule has 0 spiro atoms. The second kappa shape index (κ2) is 6.62. The lowest BCUT2D eigenvalue weighted by Gasteiger charge is -2.10. The number of rotatable bonds is 5. The molecule has 0 aliphatic heterocycles. The number of carbonyl (C=O) groups is 1. The van der Waals surface area contributed by atoms with Crippen molar-refractivity contribution in [2.45, 2.75) is 25.8 Å². The summed E-state index contributed by atoms with van der Waals surface area (Å²) in [6.45, 7) is 2.02. The topological polar surface area (TPSA) is 72.9 Å². The number of hydrogen-bond donors (Lipinski definition) is 2. The second-order valence-electron chi connectivity index (χ2n) is 4.69. The van der Waals surface area contributed by atoms with Gasteiger partial charge in [0.1, 0.15) is 0 Å². The average molecular weight is 282 g/mol. The molecule has 21 heavy (non-hydrogen) atoms. The van der Waals surface area contributed by atoms with Crippen molar-refractivity contribution in [3.05, 3.63) is 42.2 Å². The second-order valence-corrected chi connectivity index (χ2v) is 4.69. The zero-order valence-electron chi connectivity index (χ0n) is 11.9. The van der Waals surface area contributed by atoms with Crippen molar-refractivity contribution >= 4 is 11.6 Å². The normalized spacial score (nSPS) is 11.6. The van der Waals surface area contributed by atoms with E-state index in [-0.39, 0.29) is 11.9 Å². The number of anilines is 1. The predicted molar refractivity (Wildman–Crippen MR) is 83.0 cm³/mol. The molecule has 0 saturated carbocycles. The van der Waals surface area contributed by atoms with Gasteiger partial charge in [0.25, 0.3) is 5.91 Å². The number of nitrogens with two attached hydrogens (primary N) is 1. The van der Waals surface area contributed by atoms with Gasteiger partial charge in [-0.1, -0.05) is 31.4 Å². The summed E-state index contributed by atoms with van der Waals surface area (Å²) in [5.41, 5.74) is 7.54. The Labute approximate surface area is 124 Å². The van der Waals surface area contributed by atoms with Crippen LogP contribution in [0.1, 0.15) is 30.3 Å². The van der Waals surface area contributed by atoms with Crippen LogP contribution in [0.5, 0.6) is 0 Å². The molecule has 5 heteroatoms. The van der Waals surface area contributed by atoms with Crippen LogP contribution in [0.3, 0.4) is 0 Å². The average Bonchev–Trinajstić information content (AvgIpc) is 2.97. The zero-order valence-corrected chi connectivity index (χ0v) is 11.9. The fourth-order valence-corrected chi connectivity index (χ4v) is 1.99. The summed E-state index contributed by atoms with van der Waals surface area (Å²) in [5.74, 6) is 2.29. The molecule has 0 saturated heterocycles. The molecule has 108 valence electrons. The quantitative estimate of drug-likeness (QED) is 0.650. The number of hydrogen-bond acceptors (Lipinski definition) is 3. The molecule has 0 radical (unpaired) electrons. The van der Waals surface area contributed by atoms with Crippen LogP contribution in [-0.2, 0) is 0 Å². The molecule has 0 bridgehead atoms. The Morgan fingerprint density at radius 2 is 2.24 bits per heavy atom. The van der Waals surface area contributed by atoms with E-state index in [0.717, 1.165) is 18.5 Å². The first-order valence-electron chi connectivity index (χ1n) is 6.83. The first kappa shape index (κ1) is 14.7. The number of aromatic nitrogens is 2. The Bertz CT molecular complexity index is 669. The SMILES string of the molecule is C#CC(CCC)NC(=O)c1ccn(-c2ccccc2N)n1. The molecule has 1 aromatic heterocycles. The van der Waals surface area contributed by atoms with Crippen molar-refractivity contribution in [2.75, 3.05) is 5.73 Å². The van der Waals surface area contributed by atoms with Crippen LogP contribution < -0.4 is 11.1 Å². The lowest BCUT2D eigenvalue weighted by Crippen LogP contribution is -2.33. The Morgan fingerprint density at radius 3 is 2.90 bits per heavy atom. The van der Waals surface area contributed by atoms with Gasteiger partial charge in [0.05, 0.1) is 17.4 Å². The minimum Gasteiger partial charge on any atom is -0.397 e. The number of terminal acetylenes is 1. The molecule has 1 heterocycles. The number of carbonyl (C=O) groups excluding carboxylic acids is 1. The highest BCUT2D eigenvalue weighted by atomic mass is 16.2. The molecular formula is C16H18N4O. The molecule has 2 rings (SSSR count). The zero-order chi connectivity index (χ0) is 15.2. The number of nitrogens with one attached hydrogen (secondary N) is 1. The lowest BCUT2D eigenvalue weighted by molar-refractivity contribution is 0.0939. The molecule has 1 aromatic carbocycles. The van der Waals surface area contributed by atoms with Crippen LogP contribution in [0, 0.1) is 12.3 Å². The minimum atomic E-state index is -0.278. The van der Waals surface area contributed by atoms with Crippen LogP contribution in [0.2, 0.25) is 0 Å². The third kappa shape index (κ3) is 3.42. The maximum atomic E-state index is 12.1. The van der Waals surface area contributed by atoms with Crippen LogP contribution in [0.4, 0.5) is 5.69 Å². The molecule has 0 aliphatic rings. The van der Waals surface area contributed by atoms with E-state index in [1.807, 2.05) is 25.1 Å². The Balaban J connectivity index is 2.15. The van der Waals surface area contributed by atoms with Crippen LogP contribution in [-0.4, -0.2) is 21.7 Å². The standard InChI is InChI=1S/C16H18N4O/c1-3-7-12(4-2)18-16(21)14-10-11-20(19-14)15-9-6-5-8-13(15)17/h2,5-6,8-12H,3,7,17H2,1H3,(H,18,21). The summed E-state index contributed by atoms with van der Waals surface area (Å²) in [4.78, 5) is 12.1. The van der Waals surface area contributed by atoms with E-state index in [9.17, 15) is 4.79 Å². The van der Waals surface area contributed by atoms with Crippen LogP contribution in [0.25, 0.3) is 5.69 Å². The minimum absolute atomic E-state index is 0.269. The van der Waals surface area contributed by atoms with Crippen molar-refractivity contribution in [3.63, 3.8) is 0 Å². The van der Waals surface area contributed by atoms with Gasteiger partial charge in [-0.05, 0) is 24.6 Å². The predicted octanol–water partition coefficient (Wildman–Crippen LogP) is 1.99. The van der Waals surface area contributed by atoms with E-state index >= 15 is 0 Å². The smallest absolute Gasteiger partial charge is 0.272 e. The molecule has 1 amide bonds. The van der Waals surface area contributed by atoms with Crippen molar-refractivity contribution in [1.82, 2.24) is 15.1 Å². The molecular weight excluding hydrogens is 264 g/mol. The highest BCUT2D eigenvalue weighted by Crippen LogP contribution is 2.15. The Hall–Kier alpha value is -2.74. The molecule has 2 aromatic rings. The van der Waals surface area contributed by atoms with Crippen molar-refractivity contribution in [2.24, 2.45) is 0 Å². The lowest BCUT2D eigenvalue weighted by atomic mass is 10.2. The van der Waals surface area contributed by atoms with E-state index in [2.05, 4.69) is 16.3 Å². The fraction of sp³-hybridized carbons (Fsp3) is 0.250. The van der Waals surface area contributed by atoms with Crippen molar-refractivity contribution in [3.8, 4) is 18.0 Å². The van der Waals surface area contributed by atoms with Gasteiger partial charge in [0.15, 0.2) is 5.69 Å². The van der Waals surface area contributed by atoms with Gasteiger partial charge in [-0.2, -0.15) is 5.10 Å². The number of benzene rings is 1. The number of nitrogens with zero attached hydrogens (tertiary/aromatic N) is 2. The van der Waals surface area contributed by atoms with Gasteiger partial charge in [-0.15, -0.1) is 6.42 Å². The van der Waals surface area contributed by atoms with Gasteiger partial charge in [-0.25, -0.2) is 4.68 Å². The maximum absolute atomic E-state index is 12.1. The number of para-hydroxylation sites is 2. The first-order valence-corrected chi connectivity index (χ1v) is 6.83. The molecule has 0 aliphatic carbocycles. The van der Waals surface area contributed by atoms with Gasteiger partial charge < -0.3 is 11.1 Å². The Kier molecular flexibility index (Phi) is 4.62. The third-order valence-electron chi connectivity index (χ3n) is 3.09. The highest BCUT2D eigenvalue weighted by molar-refractivity contribution is 5.92. The summed E-state index contributed by atoms with van der Waals surface area (Å²) in [6, 6.07) is 8.70. The summed E-state index contributed by atoms with van der Waals surface area (Å²) >= 11 is 0. The fourth-order valence-electron chi connectivity index (χ4n) is 1.99. The molecule has 3 N–H and O–H groups in total. The van der Waals surface area contributed by atoms with Crippen molar-refractivity contribution < 1.29 is 4.79 Å². The van der Waals surface area contributed by atoms with E-state index in [4.69, 9.17) is 12.2 Å². The highest BCUT2D eigenvalue weighted by Gasteiger charge is 2.14. The van der Waals surface area contributed by atoms with Gasteiger partial charge in [0.2, 0.25) is 0 Å². The number of nitrogen functional groups attached to an aromatic ring is 1. The van der Waals surface area contributed by atoms with E-state index < -0.39 is 0 Å². The van der Waals surface area contributed by atoms with E-state index in [0.29, 0.717) is 11.4 Å². The van der Waals surface area contributed by atoms with Gasteiger partial charge in [0, 0.05) is 6.20 Å². The first-order chi connectivity index (χ1) is 10.2. The Morgan fingerprint density at radius 1 is 1.48 bits per heavy atom. The van der Waals surface area contributed by atoms with Gasteiger partial charge >= 0.3 is 0 Å². The van der Waals surface area contributed by atoms with Gasteiger partial charge in [-0.3, -0.25) is 4.79 Å². The molecule has 1 unspecified atom stereocenters. The summed E-state index contributed by atoms with van der Waals surface area (Å²) in [5, 5.41) is 7.03. The molecule has 5 nitrogen and oxygen atoms in total. The third-order valence-corrected chi connectivity index (χ3v) is 3.09. The molecule has 1 atom stereocenters. The van der Waals surface area contributed by atoms with E-state index in [1.54, 1.807) is 23.0 Å². The van der Waals surface area contributed by atoms with Crippen LogP contribution in [0.15, 0.2) is 36.5 Å². The number of amides is 1. The summed E-state index contributed by atoms with van der Waals surface area (Å²) < 4.78 is 1.58. The van der Waals surface area contributed by atoms with E-state index in [1.165, 1.54) is 0 Å². The summed E-state index contributed by atoms with van der Waals surface area (Å²) in [6.07, 6.45) is 8.75. The maximum Gasteiger partial charge on any atom is 0.272 e. The summed E-state index contributed by atoms with van der Waals surface area (Å²) in [7, 11) is 0. The van der Waals surface area contributed by atoms with Crippen LogP contribution >= 0.6 is 0 Å². The largest absolute Gasteiger partial charge is 0.397 e. The monoisotopic (exact) mass is 282 g/mol.